The molecule has 3 nitrogen and oxygen atoms in total. The van der Waals surface area contributed by atoms with E-state index in [1.807, 2.05) is 11.3 Å². The van der Waals surface area contributed by atoms with Gasteiger partial charge < -0.3 is 16.2 Å². The summed E-state index contributed by atoms with van der Waals surface area (Å²) in [5.74, 6) is 0. The highest BCUT2D eigenvalue weighted by Crippen LogP contribution is 2.32. The second-order valence-electron chi connectivity index (χ2n) is 5.82. The van der Waals surface area contributed by atoms with Crippen LogP contribution in [0.25, 0.3) is 0 Å². The molecule has 0 saturated heterocycles. The minimum atomic E-state index is 0.188. The number of aliphatic hydroxyl groups is 1. The zero-order chi connectivity index (χ0) is 13.8. The molecular weight excluding hydrogens is 244 g/mol. The van der Waals surface area contributed by atoms with Gasteiger partial charge in [0.1, 0.15) is 0 Å². The maximum absolute atomic E-state index is 8.93. The fraction of sp³-hybridized carbons (Fsp3) is 0.714. The first-order chi connectivity index (χ1) is 8.38. The van der Waals surface area contributed by atoms with Gasteiger partial charge in [0, 0.05) is 28.9 Å². The van der Waals surface area contributed by atoms with Crippen molar-refractivity contribution in [2.24, 2.45) is 5.73 Å². The molecule has 104 valence electrons. The Bertz CT molecular complexity index is 357. The van der Waals surface area contributed by atoms with Crippen molar-refractivity contribution in [1.82, 2.24) is 5.32 Å². The van der Waals surface area contributed by atoms with E-state index < -0.39 is 0 Å². The quantitative estimate of drug-likeness (QED) is 0.744. The third-order valence-electron chi connectivity index (χ3n) is 2.99. The van der Waals surface area contributed by atoms with Gasteiger partial charge >= 0.3 is 0 Å². The van der Waals surface area contributed by atoms with Crippen LogP contribution in [0.3, 0.4) is 0 Å². The summed E-state index contributed by atoms with van der Waals surface area (Å²) in [6.07, 6.45) is 0.758. The van der Waals surface area contributed by atoms with Gasteiger partial charge in [-0.15, -0.1) is 11.3 Å². The molecule has 1 aromatic heterocycles. The maximum Gasteiger partial charge on any atom is 0.0541 e. The van der Waals surface area contributed by atoms with Crippen LogP contribution in [0.1, 0.15) is 49.9 Å². The lowest BCUT2D eigenvalue weighted by Gasteiger charge is -2.21. The molecule has 4 heteroatoms. The third kappa shape index (κ3) is 4.35. The molecule has 0 saturated carbocycles. The lowest BCUT2D eigenvalue weighted by atomic mass is 9.95. The number of aliphatic hydroxyl groups excluding tert-OH is 1. The van der Waals surface area contributed by atoms with Crippen LogP contribution in [0, 0.1) is 0 Å². The van der Waals surface area contributed by atoms with E-state index in [4.69, 9.17) is 10.8 Å². The van der Waals surface area contributed by atoms with E-state index in [1.165, 1.54) is 9.75 Å². The fourth-order valence-corrected chi connectivity index (χ4v) is 2.97. The second kappa shape index (κ2) is 6.66. The lowest BCUT2D eigenvalue weighted by molar-refractivity contribution is 0.264. The van der Waals surface area contributed by atoms with Crippen LogP contribution in [-0.4, -0.2) is 24.3 Å². The van der Waals surface area contributed by atoms with Crippen LogP contribution in [0.4, 0.5) is 0 Å². The van der Waals surface area contributed by atoms with Crippen LogP contribution in [0.2, 0.25) is 0 Å². The van der Waals surface area contributed by atoms with Gasteiger partial charge in [-0.2, -0.15) is 0 Å². The summed E-state index contributed by atoms with van der Waals surface area (Å²) in [7, 11) is 0. The maximum atomic E-state index is 8.93. The van der Waals surface area contributed by atoms with Crippen molar-refractivity contribution in [2.75, 3.05) is 13.2 Å². The minimum absolute atomic E-state index is 0.188. The van der Waals surface area contributed by atoms with E-state index >= 15 is 0 Å². The van der Waals surface area contributed by atoms with Crippen molar-refractivity contribution < 1.29 is 5.11 Å². The van der Waals surface area contributed by atoms with E-state index in [9.17, 15) is 0 Å². The van der Waals surface area contributed by atoms with Gasteiger partial charge in [-0.25, -0.2) is 0 Å². The smallest absolute Gasteiger partial charge is 0.0541 e. The summed E-state index contributed by atoms with van der Waals surface area (Å²) in [4.78, 5) is 2.67. The van der Waals surface area contributed by atoms with Gasteiger partial charge in [-0.1, -0.05) is 20.8 Å². The molecule has 0 radical (unpaired) electrons. The van der Waals surface area contributed by atoms with E-state index in [0.29, 0.717) is 6.54 Å². The van der Waals surface area contributed by atoms with Gasteiger partial charge in [-0.3, -0.25) is 0 Å². The molecule has 1 rings (SSSR count). The van der Waals surface area contributed by atoms with Crippen LogP contribution in [0.5, 0.6) is 0 Å². The predicted molar refractivity (Wildman–Crippen MR) is 79.1 cm³/mol. The molecule has 0 aliphatic heterocycles. The summed E-state index contributed by atoms with van der Waals surface area (Å²) in [5.41, 5.74) is 6.04. The molecule has 18 heavy (non-hydrogen) atoms. The molecule has 0 aliphatic rings. The number of hydrogen-bond donors (Lipinski definition) is 3. The van der Waals surface area contributed by atoms with Crippen LogP contribution >= 0.6 is 11.3 Å². The summed E-state index contributed by atoms with van der Waals surface area (Å²) in [6.45, 7) is 9.55. The standard InChI is InChI=1S/C14H26N2OS/c1-10(7-8-17)16-11(9-15)12-5-6-13(18-12)14(2,3)4/h5-6,10-11,16-17H,7-9,15H2,1-4H3. The van der Waals surface area contributed by atoms with Crippen LogP contribution < -0.4 is 11.1 Å². The van der Waals surface area contributed by atoms with E-state index in [0.717, 1.165) is 6.42 Å². The van der Waals surface area contributed by atoms with Gasteiger partial charge in [-0.05, 0) is 30.9 Å². The van der Waals surface area contributed by atoms with Crippen LogP contribution in [-0.2, 0) is 5.41 Å². The molecule has 2 atom stereocenters. The van der Waals surface area contributed by atoms with Crippen molar-refractivity contribution in [3.63, 3.8) is 0 Å². The topological polar surface area (TPSA) is 58.3 Å². The Morgan fingerprint density at radius 1 is 1.39 bits per heavy atom. The Morgan fingerprint density at radius 2 is 2.06 bits per heavy atom. The molecule has 1 heterocycles. The van der Waals surface area contributed by atoms with Crippen LogP contribution in [0.15, 0.2) is 12.1 Å². The Balaban J connectivity index is 2.74. The molecule has 1 aromatic rings. The van der Waals surface area contributed by atoms with Crippen molar-refractivity contribution in [3.05, 3.63) is 21.9 Å². The number of nitrogens with one attached hydrogen (secondary N) is 1. The Morgan fingerprint density at radius 3 is 2.50 bits per heavy atom. The third-order valence-corrected chi connectivity index (χ3v) is 4.62. The number of hydrogen-bond acceptors (Lipinski definition) is 4. The molecule has 0 aromatic carbocycles. The van der Waals surface area contributed by atoms with E-state index in [2.05, 4.69) is 45.1 Å². The number of rotatable bonds is 6. The largest absolute Gasteiger partial charge is 0.396 e. The van der Waals surface area contributed by atoms with E-state index in [1.54, 1.807) is 0 Å². The monoisotopic (exact) mass is 270 g/mol. The average molecular weight is 270 g/mol. The fourth-order valence-electron chi connectivity index (χ4n) is 1.83. The highest BCUT2D eigenvalue weighted by atomic mass is 32.1. The molecule has 0 fully saturated rings. The SMILES string of the molecule is CC(CCO)NC(CN)c1ccc(C(C)(C)C)s1. The Kier molecular flexibility index (Phi) is 5.79. The zero-order valence-corrected chi connectivity index (χ0v) is 12.7. The van der Waals surface area contributed by atoms with Gasteiger partial charge in [0.15, 0.2) is 0 Å². The van der Waals surface area contributed by atoms with Crippen molar-refractivity contribution in [3.8, 4) is 0 Å². The highest BCUT2D eigenvalue weighted by Gasteiger charge is 2.20. The van der Waals surface area contributed by atoms with Crippen molar-refractivity contribution in [2.45, 2.75) is 51.6 Å². The molecule has 0 aliphatic carbocycles. The van der Waals surface area contributed by atoms with Crippen molar-refractivity contribution >= 4 is 11.3 Å². The number of thiophene rings is 1. The van der Waals surface area contributed by atoms with Gasteiger partial charge in [0.05, 0.1) is 6.04 Å². The molecule has 4 N–H and O–H groups in total. The molecule has 0 bridgehead atoms. The molecule has 0 amide bonds. The average Bonchev–Trinajstić information content (AvgIpc) is 2.75. The molecule has 0 spiro atoms. The molecular formula is C14H26N2OS. The summed E-state index contributed by atoms with van der Waals surface area (Å²) in [5, 5.41) is 12.4. The Hall–Kier alpha value is -0.420. The lowest BCUT2D eigenvalue weighted by Crippen LogP contribution is -2.35. The normalized spacial score (nSPS) is 15.7. The highest BCUT2D eigenvalue weighted by molar-refractivity contribution is 7.12. The predicted octanol–water partition coefficient (Wildman–Crippen LogP) is 2.41. The first kappa shape index (κ1) is 15.6. The number of nitrogens with two attached hydrogens (primary N) is 1. The Labute approximate surface area is 114 Å². The summed E-state index contributed by atoms with van der Waals surface area (Å²) in [6, 6.07) is 4.83. The van der Waals surface area contributed by atoms with Crippen molar-refractivity contribution in [1.29, 1.82) is 0 Å². The molecule has 2 unspecified atom stereocenters. The van der Waals surface area contributed by atoms with Gasteiger partial charge in [0.25, 0.3) is 0 Å². The second-order valence-corrected chi connectivity index (χ2v) is 6.94. The van der Waals surface area contributed by atoms with E-state index in [-0.39, 0.29) is 24.1 Å². The first-order valence-electron chi connectivity index (χ1n) is 6.55. The summed E-state index contributed by atoms with van der Waals surface area (Å²) < 4.78 is 0. The summed E-state index contributed by atoms with van der Waals surface area (Å²) >= 11 is 1.83. The van der Waals surface area contributed by atoms with Gasteiger partial charge in [0.2, 0.25) is 0 Å². The zero-order valence-electron chi connectivity index (χ0n) is 11.9. The minimum Gasteiger partial charge on any atom is -0.396 e. The first-order valence-corrected chi connectivity index (χ1v) is 7.37.